The zero-order chi connectivity index (χ0) is 22.9. The lowest BCUT2D eigenvalue weighted by Crippen LogP contribution is -2.16. The molecule has 1 N–H and O–H groups in total. The minimum atomic E-state index is -1.17. The van der Waals surface area contributed by atoms with Crippen molar-refractivity contribution >= 4 is 17.9 Å². The first kappa shape index (κ1) is 26.7. The molecule has 1 aromatic carbocycles. The molecule has 0 aromatic heterocycles. The molecule has 6 heteroatoms. The Labute approximate surface area is 186 Å². The van der Waals surface area contributed by atoms with Crippen molar-refractivity contribution in [3.05, 3.63) is 34.9 Å². The number of aromatic carboxylic acids is 1. The van der Waals surface area contributed by atoms with Gasteiger partial charge < -0.3 is 14.6 Å². The van der Waals surface area contributed by atoms with Crippen LogP contribution in [0.3, 0.4) is 0 Å². The zero-order valence-corrected chi connectivity index (χ0v) is 19.1. The normalized spacial score (nSPS) is 10.6. The maximum atomic E-state index is 12.5. The Morgan fingerprint density at radius 2 is 1.13 bits per heavy atom. The van der Waals surface area contributed by atoms with Crippen molar-refractivity contribution in [1.29, 1.82) is 0 Å². The van der Waals surface area contributed by atoms with Crippen LogP contribution in [0.2, 0.25) is 0 Å². The summed E-state index contributed by atoms with van der Waals surface area (Å²) in [6.07, 6.45) is 12.8. The van der Waals surface area contributed by atoms with E-state index in [-0.39, 0.29) is 29.9 Å². The maximum Gasteiger partial charge on any atom is 0.339 e. The maximum absolute atomic E-state index is 12.5. The Hall–Kier alpha value is -2.37. The minimum Gasteiger partial charge on any atom is -0.478 e. The summed E-state index contributed by atoms with van der Waals surface area (Å²) in [6.45, 7) is 4.83. The van der Waals surface area contributed by atoms with Crippen LogP contribution in [0.15, 0.2) is 18.2 Å². The molecule has 0 aliphatic carbocycles. The highest BCUT2D eigenvalue weighted by Gasteiger charge is 2.21. The predicted molar refractivity (Wildman–Crippen MR) is 121 cm³/mol. The van der Waals surface area contributed by atoms with Gasteiger partial charge in [0.2, 0.25) is 0 Å². The van der Waals surface area contributed by atoms with Crippen molar-refractivity contribution in [2.75, 3.05) is 13.2 Å². The van der Waals surface area contributed by atoms with Crippen LogP contribution in [0.1, 0.15) is 122 Å². The second-order valence-electron chi connectivity index (χ2n) is 7.87. The Morgan fingerprint density at radius 3 is 1.61 bits per heavy atom. The van der Waals surface area contributed by atoms with E-state index in [2.05, 4.69) is 13.8 Å². The number of unbranched alkanes of at least 4 members (excludes halogenated alkanes) is 10. The molecule has 0 aliphatic heterocycles. The Bertz CT molecular complexity index is 683. The van der Waals surface area contributed by atoms with Crippen LogP contribution in [0, 0.1) is 0 Å². The zero-order valence-electron chi connectivity index (χ0n) is 19.1. The van der Waals surface area contributed by atoms with Crippen LogP contribution >= 0.6 is 0 Å². The Kier molecular flexibility index (Phi) is 14.1. The van der Waals surface area contributed by atoms with Gasteiger partial charge in [-0.2, -0.15) is 0 Å². The van der Waals surface area contributed by atoms with Crippen LogP contribution in [0.25, 0.3) is 0 Å². The number of carbonyl (C=O) groups is 3. The number of carboxylic acids is 1. The molecule has 0 spiro atoms. The van der Waals surface area contributed by atoms with E-state index in [1.807, 2.05) is 0 Å². The summed E-state index contributed by atoms with van der Waals surface area (Å²) in [5.41, 5.74) is -0.0825. The van der Waals surface area contributed by atoms with Crippen molar-refractivity contribution in [3.8, 4) is 0 Å². The first-order chi connectivity index (χ1) is 15.0. The van der Waals surface area contributed by atoms with E-state index in [1.165, 1.54) is 43.9 Å². The molecule has 0 heterocycles. The van der Waals surface area contributed by atoms with E-state index < -0.39 is 17.9 Å². The summed E-state index contributed by atoms with van der Waals surface area (Å²) in [5.74, 6) is -2.49. The number of hydrogen-bond donors (Lipinski definition) is 1. The molecule has 174 valence electrons. The summed E-state index contributed by atoms with van der Waals surface area (Å²) in [4.78, 5) is 36.3. The topological polar surface area (TPSA) is 89.9 Å². The largest absolute Gasteiger partial charge is 0.478 e. The molecule has 0 radical (unpaired) electrons. The van der Waals surface area contributed by atoms with Gasteiger partial charge >= 0.3 is 17.9 Å². The number of benzene rings is 1. The third-order valence-corrected chi connectivity index (χ3v) is 5.17. The van der Waals surface area contributed by atoms with Gasteiger partial charge in [0.1, 0.15) is 0 Å². The number of rotatable bonds is 17. The molecule has 31 heavy (non-hydrogen) atoms. The van der Waals surface area contributed by atoms with Crippen LogP contribution in [0.4, 0.5) is 0 Å². The number of carboxylic acid groups (broad SMARTS) is 1. The van der Waals surface area contributed by atoms with Gasteiger partial charge in [-0.25, -0.2) is 14.4 Å². The fraction of sp³-hybridized carbons (Fsp3) is 0.640. The standard InChI is InChI=1S/C25H38O6/c1-3-5-7-9-10-12-14-18-31-25(29)22-19-20(23(26)27)15-16-21(22)24(28)30-17-13-11-8-6-4-2/h15-16,19H,3-14,17-18H2,1-2H3,(H,26,27). The van der Waals surface area contributed by atoms with Crippen LogP contribution in [-0.4, -0.2) is 36.2 Å². The fourth-order valence-electron chi connectivity index (χ4n) is 3.27. The molecule has 0 bridgehead atoms. The van der Waals surface area contributed by atoms with Gasteiger partial charge in [0, 0.05) is 0 Å². The highest BCUT2D eigenvalue weighted by molar-refractivity contribution is 6.05. The molecule has 0 unspecified atom stereocenters. The Morgan fingerprint density at radius 1 is 0.677 bits per heavy atom. The molecular weight excluding hydrogens is 396 g/mol. The smallest absolute Gasteiger partial charge is 0.339 e. The molecule has 0 saturated carbocycles. The summed E-state index contributed by atoms with van der Waals surface area (Å²) in [6, 6.07) is 3.81. The second-order valence-corrected chi connectivity index (χ2v) is 7.87. The third kappa shape index (κ3) is 11.0. The summed E-state index contributed by atoms with van der Waals surface area (Å²) >= 11 is 0. The third-order valence-electron chi connectivity index (χ3n) is 5.17. The molecule has 0 saturated heterocycles. The first-order valence-electron chi connectivity index (χ1n) is 11.7. The molecule has 1 rings (SSSR count). The van der Waals surface area contributed by atoms with E-state index in [0.29, 0.717) is 0 Å². The van der Waals surface area contributed by atoms with Gasteiger partial charge in [0.05, 0.1) is 29.9 Å². The lowest BCUT2D eigenvalue weighted by atomic mass is 10.0. The van der Waals surface area contributed by atoms with Gasteiger partial charge in [-0.05, 0) is 31.0 Å². The van der Waals surface area contributed by atoms with Crippen LogP contribution < -0.4 is 0 Å². The first-order valence-corrected chi connectivity index (χ1v) is 11.7. The lowest BCUT2D eigenvalue weighted by Gasteiger charge is -2.11. The van der Waals surface area contributed by atoms with E-state index in [4.69, 9.17) is 9.47 Å². The molecule has 0 fully saturated rings. The number of ether oxygens (including phenoxy) is 2. The van der Waals surface area contributed by atoms with Gasteiger partial charge in [0.25, 0.3) is 0 Å². The Balaban J connectivity index is 2.60. The highest BCUT2D eigenvalue weighted by atomic mass is 16.5. The van der Waals surface area contributed by atoms with Crippen LogP contribution in [0.5, 0.6) is 0 Å². The molecular formula is C25H38O6. The summed E-state index contributed by atoms with van der Waals surface area (Å²) < 4.78 is 10.6. The van der Waals surface area contributed by atoms with Gasteiger partial charge in [-0.15, -0.1) is 0 Å². The molecule has 0 atom stereocenters. The quantitative estimate of drug-likeness (QED) is 0.225. The SMILES string of the molecule is CCCCCCCCCOC(=O)c1cc(C(=O)O)ccc1C(=O)OCCCCCCC. The average Bonchev–Trinajstić information content (AvgIpc) is 2.77. The number of esters is 2. The van der Waals surface area contributed by atoms with Crippen LogP contribution in [-0.2, 0) is 9.47 Å². The van der Waals surface area contributed by atoms with E-state index in [9.17, 15) is 19.5 Å². The van der Waals surface area contributed by atoms with E-state index in [0.717, 1.165) is 51.4 Å². The number of carbonyl (C=O) groups excluding carboxylic acids is 2. The van der Waals surface area contributed by atoms with Crippen molar-refractivity contribution in [3.63, 3.8) is 0 Å². The second kappa shape index (κ2) is 16.3. The highest BCUT2D eigenvalue weighted by Crippen LogP contribution is 2.17. The molecule has 1 aromatic rings. The summed E-state index contributed by atoms with van der Waals surface area (Å²) in [7, 11) is 0. The van der Waals surface area contributed by atoms with Gasteiger partial charge in [-0.1, -0.05) is 78.1 Å². The predicted octanol–water partition coefficient (Wildman–Crippen LogP) is 6.42. The van der Waals surface area contributed by atoms with Crippen molar-refractivity contribution < 1.29 is 29.0 Å². The van der Waals surface area contributed by atoms with Crippen molar-refractivity contribution in [2.45, 2.75) is 90.9 Å². The molecule has 0 amide bonds. The molecule has 6 nitrogen and oxygen atoms in total. The fourth-order valence-corrected chi connectivity index (χ4v) is 3.27. The summed E-state index contributed by atoms with van der Waals surface area (Å²) in [5, 5.41) is 9.23. The lowest BCUT2D eigenvalue weighted by molar-refractivity contribution is 0.0450. The van der Waals surface area contributed by atoms with Crippen molar-refractivity contribution in [1.82, 2.24) is 0 Å². The molecule has 0 aliphatic rings. The minimum absolute atomic E-state index is 0.0446. The van der Waals surface area contributed by atoms with Gasteiger partial charge in [-0.3, -0.25) is 0 Å². The average molecular weight is 435 g/mol. The monoisotopic (exact) mass is 434 g/mol. The van der Waals surface area contributed by atoms with E-state index >= 15 is 0 Å². The van der Waals surface area contributed by atoms with E-state index in [1.54, 1.807) is 0 Å². The van der Waals surface area contributed by atoms with Gasteiger partial charge in [0.15, 0.2) is 0 Å². The number of hydrogen-bond acceptors (Lipinski definition) is 5. The van der Waals surface area contributed by atoms with Crippen molar-refractivity contribution in [2.24, 2.45) is 0 Å².